The van der Waals surface area contributed by atoms with Gasteiger partial charge in [-0.05, 0) is 42.0 Å². The third-order valence-electron chi connectivity index (χ3n) is 5.32. The van der Waals surface area contributed by atoms with Crippen molar-refractivity contribution in [2.24, 2.45) is 0 Å². The molecule has 33 heavy (non-hydrogen) atoms. The molecule has 1 heterocycles. The number of benzene rings is 2. The van der Waals surface area contributed by atoms with Crippen molar-refractivity contribution in [1.82, 2.24) is 9.21 Å². The van der Waals surface area contributed by atoms with E-state index >= 15 is 0 Å². The molecule has 1 aliphatic rings. The summed E-state index contributed by atoms with van der Waals surface area (Å²) in [6.07, 6.45) is 1.47. The minimum Gasteiger partial charge on any atom is -0.497 e. The van der Waals surface area contributed by atoms with Crippen molar-refractivity contribution < 1.29 is 31.4 Å². The first-order valence-electron chi connectivity index (χ1n) is 10.5. The largest absolute Gasteiger partial charge is 0.497 e. The van der Waals surface area contributed by atoms with Crippen LogP contribution in [0.4, 0.5) is 8.78 Å². The fourth-order valence-corrected chi connectivity index (χ4v) is 5.03. The van der Waals surface area contributed by atoms with Crippen LogP contribution in [0.15, 0.2) is 66.1 Å². The molecule has 0 N–H and O–H groups in total. The summed E-state index contributed by atoms with van der Waals surface area (Å²) < 4.78 is 67.5. The lowest BCUT2D eigenvalue weighted by Crippen LogP contribution is -2.49. The van der Waals surface area contributed by atoms with Crippen molar-refractivity contribution in [3.05, 3.63) is 66.7 Å². The van der Waals surface area contributed by atoms with E-state index < -0.39 is 16.6 Å². The Hall–Kier alpha value is -2.53. The van der Waals surface area contributed by atoms with Gasteiger partial charge in [-0.3, -0.25) is 4.90 Å². The van der Waals surface area contributed by atoms with Gasteiger partial charge in [0, 0.05) is 32.7 Å². The van der Waals surface area contributed by atoms with Crippen molar-refractivity contribution in [3.8, 4) is 11.5 Å². The van der Waals surface area contributed by atoms with E-state index in [1.165, 1.54) is 28.6 Å². The van der Waals surface area contributed by atoms with Crippen LogP contribution in [-0.4, -0.2) is 70.7 Å². The number of hydrogen-bond donors (Lipinski definition) is 0. The molecular weight excluding hydrogens is 454 g/mol. The zero-order valence-corrected chi connectivity index (χ0v) is 19.2. The Kier molecular flexibility index (Phi) is 8.79. The van der Waals surface area contributed by atoms with E-state index in [0.29, 0.717) is 39.3 Å². The van der Waals surface area contributed by atoms with E-state index in [-0.39, 0.29) is 16.7 Å². The van der Waals surface area contributed by atoms with Crippen LogP contribution in [0.5, 0.6) is 11.5 Å². The van der Waals surface area contributed by atoms with Gasteiger partial charge in [-0.2, -0.15) is 13.1 Å². The lowest BCUT2D eigenvalue weighted by Gasteiger charge is -2.35. The number of methoxy groups -OCH3 is 1. The van der Waals surface area contributed by atoms with Crippen molar-refractivity contribution in [1.29, 1.82) is 0 Å². The predicted octanol–water partition coefficient (Wildman–Crippen LogP) is 3.55. The number of hydrogen-bond acceptors (Lipinski definition) is 6. The zero-order valence-electron chi connectivity index (χ0n) is 18.4. The molecule has 1 saturated heterocycles. The minimum atomic E-state index is -3.73. The van der Waals surface area contributed by atoms with Crippen LogP contribution in [0.2, 0.25) is 0 Å². The SMILES string of the molecule is C=CCO[C@H](CN1CCN(S(=O)(=O)c2ccc(OC(F)F)cc2)CC1)c1cccc(OC)c1. The molecular formula is C23H28F2N2O5S. The third kappa shape index (κ3) is 6.73. The van der Waals surface area contributed by atoms with E-state index in [1.807, 2.05) is 24.3 Å². The number of piperazine rings is 1. The molecule has 10 heteroatoms. The first kappa shape index (κ1) is 25.1. The van der Waals surface area contributed by atoms with Crippen LogP contribution in [-0.2, 0) is 14.8 Å². The van der Waals surface area contributed by atoms with Gasteiger partial charge in [0.2, 0.25) is 10.0 Å². The first-order valence-corrected chi connectivity index (χ1v) is 11.9. The second-order valence-electron chi connectivity index (χ2n) is 7.44. The van der Waals surface area contributed by atoms with E-state index in [1.54, 1.807) is 13.2 Å². The molecule has 0 spiro atoms. The number of rotatable bonds is 11. The monoisotopic (exact) mass is 482 g/mol. The average Bonchev–Trinajstić information content (AvgIpc) is 2.82. The van der Waals surface area contributed by atoms with Gasteiger partial charge >= 0.3 is 6.61 Å². The maximum absolute atomic E-state index is 13.0. The van der Waals surface area contributed by atoms with E-state index in [9.17, 15) is 17.2 Å². The Bertz CT molecular complexity index is 1010. The summed E-state index contributed by atoms with van der Waals surface area (Å²) in [5, 5.41) is 0. The van der Waals surface area contributed by atoms with Gasteiger partial charge in [0.15, 0.2) is 0 Å². The molecule has 1 atom stereocenters. The second kappa shape index (κ2) is 11.6. The van der Waals surface area contributed by atoms with Gasteiger partial charge in [0.1, 0.15) is 11.5 Å². The molecule has 0 aliphatic carbocycles. The van der Waals surface area contributed by atoms with E-state index in [0.717, 1.165) is 11.3 Å². The molecule has 1 fully saturated rings. The highest BCUT2D eigenvalue weighted by atomic mass is 32.2. The van der Waals surface area contributed by atoms with Crippen LogP contribution in [0.1, 0.15) is 11.7 Å². The lowest BCUT2D eigenvalue weighted by atomic mass is 10.1. The summed E-state index contributed by atoms with van der Waals surface area (Å²) in [7, 11) is -2.12. The van der Waals surface area contributed by atoms with Gasteiger partial charge < -0.3 is 14.2 Å². The summed E-state index contributed by atoms with van der Waals surface area (Å²) in [6, 6.07) is 12.7. The zero-order chi connectivity index (χ0) is 23.8. The molecule has 2 aromatic carbocycles. The van der Waals surface area contributed by atoms with Crippen LogP contribution in [0.25, 0.3) is 0 Å². The van der Waals surface area contributed by atoms with Crippen molar-refractivity contribution in [2.45, 2.75) is 17.6 Å². The molecule has 0 amide bonds. The van der Waals surface area contributed by atoms with Crippen LogP contribution in [0.3, 0.4) is 0 Å². The molecule has 0 aromatic heterocycles. The Balaban J connectivity index is 1.63. The van der Waals surface area contributed by atoms with Crippen molar-refractivity contribution in [3.63, 3.8) is 0 Å². The molecule has 0 bridgehead atoms. The highest BCUT2D eigenvalue weighted by molar-refractivity contribution is 7.89. The minimum absolute atomic E-state index is 0.0427. The summed E-state index contributed by atoms with van der Waals surface area (Å²) in [6.45, 7) is 3.41. The van der Waals surface area contributed by atoms with E-state index in [4.69, 9.17) is 9.47 Å². The van der Waals surface area contributed by atoms with E-state index in [2.05, 4.69) is 16.2 Å². The lowest BCUT2D eigenvalue weighted by molar-refractivity contribution is -0.0498. The van der Waals surface area contributed by atoms with Crippen molar-refractivity contribution >= 4 is 10.0 Å². The molecule has 180 valence electrons. The average molecular weight is 483 g/mol. The topological polar surface area (TPSA) is 68.3 Å². The Morgan fingerprint density at radius 1 is 1.06 bits per heavy atom. The fourth-order valence-electron chi connectivity index (χ4n) is 3.61. The van der Waals surface area contributed by atoms with Crippen LogP contribution >= 0.6 is 0 Å². The maximum atomic E-state index is 13.0. The highest BCUT2D eigenvalue weighted by Crippen LogP contribution is 2.25. The van der Waals surface area contributed by atoms with Gasteiger partial charge in [0.05, 0.1) is 24.7 Å². The number of alkyl halides is 2. The number of halogens is 2. The number of ether oxygens (including phenoxy) is 3. The molecule has 2 aromatic rings. The predicted molar refractivity (Wildman–Crippen MR) is 120 cm³/mol. The van der Waals surface area contributed by atoms with Crippen LogP contribution in [0, 0.1) is 0 Å². The molecule has 0 unspecified atom stereocenters. The first-order chi connectivity index (χ1) is 15.8. The van der Waals surface area contributed by atoms with Gasteiger partial charge in [-0.15, -0.1) is 6.58 Å². The summed E-state index contributed by atoms with van der Waals surface area (Å²) in [5.74, 6) is 0.650. The summed E-state index contributed by atoms with van der Waals surface area (Å²) in [4.78, 5) is 2.19. The Morgan fingerprint density at radius 3 is 2.36 bits per heavy atom. The number of sulfonamides is 1. The van der Waals surface area contributed by atoms with Gasteiger partial charge in [-0.1, -0.05) is 18.2 Å². The molecule has 1 aliphatic heterocycles. The molecule has 0 radical (unpaired) electrons. The summed E-state index contributed by atoms with van der Waals surface area (Å²) in [5.41, 5.74) is 0.970. The molecule has 3 rings (SSSR count). The van der Waals surface area contributed by atoms with Gasteiger partial charge in [-0.25, -0.2) is 8.42 Å². The standard InChI is InChI=1S/C23H28F2N2O5S/c1-3-15-31-22(18-5-4-6-20(16-18)30-2)17-26-11-13-27(14-12-26)33(28,29)21-9-7-19(8-10-21)32-23(24)25/h3-10,16,22-23H,1,11-15,17H2,2H3/t22-/m1/s1. The fraction of sp³-hybridized carbons (Fsp3) is 0.391. The Labute approximate surface area is 193 Å². The van der Waals surface area contributed by atoms with Gasteiger partial charge in [0.25, 0.3) is 0 Å². The normalized spacial score (nSPS) is 16.5. The number of nitrogens with zero attached hydrogens (tertiary/aromatic N) is 2. The van der Waals surface area contributed by atoms with Crippen LogP contribution < -0.4 is 9.47 Å². The maximum Gasteiger partial charge on any atom is 0.387 e. The molecule has 7 nitrogen and oxygen atoms in total. The third-order valence-corrected chi connectivity index (χ3v) is 7.24. The second-order valence-corrected chi connectivity index (χ2v) is 9.38. The summed E-state index contributed by atoms with van der Waals surface area (Å²) >= 11 is 0. The van der Waals surface area contributed by atoms with Crippen molar-refractivity contribution in [2.75, 3.05) is 46.4 Å². The highest BCUT2D eigenvalue weighted by Gasteiger charge is 2.29. The quantitative estimate of drug-likeness (QED) is 0.457. The molecule has 0 saturated carbocycles. The smallest absolute Gasteiger partial charge is 0.387 e. The Morgan fingerprint density at radius 2 is 1.76 bits per heavy atom.